The van der Waals surface area contributed by atoms with Crippen molar-refractivity contribution in [1.29, 1.82) is 0 Å². The Labute approximate surface area is 86.5 Å². The highest BCUT2D eigenvalue weighted by atomic mass is 16.2. The van der Waals surface area contributed by atoms with Gasteiger partial charge in [-0.25, -0.2) is 0 Å². The fraction of sp³-hybridized carbons (Fsp3) is 0.818. The average molecular weight is 199 g/mol. The highest BCUT2D eigenvalue weighted by molar-refractivity contribution is 5.78. The molecule has 1 amide bonds. The Kier molecular flexibility index (Phi) is 7.07. The highest BCUT2D eigenvalue weighted by Gasteiger charge is 2.21. The highest BCUT2D eigenvalue weighted by Crippen LogP contribution is 2.13. The van der Waals surface area contributed by atoms with E-state index in [0.717, 1.165) is 25.8 Å². The lowest BCUT2D eigenvalue weighted by atomic mass is 10.1. The van der Waals surface area contributed by atoms with Crippen molar-refractivity contribution in [2.24, 2.45) is 5.92 Å². The molecule has 0 aromatic heterocycles. The largest absolute Gasteiger partial charge is 0.342 e. The number of rotatable bonds is 2. The second kappa shape index (κ2) is 7.54. The smallest absolute Gasteiger partial charge is 0.225 e. The summed E-state index contributed by atoms with van der Waals surface area (Å²) in [6, 6.07) is 0. The predicted molar refractivity (Wildman–Crippen MR) is 57.0 cm³/mol. The summed E-state index contributed by atoms with van der Waals surface area (Å²) in [5.74, 6) is 0.582. The second-order valence-electron chi connectivity index (χ2n) is 3.58. The molecule has 1 saturated heterocycles. The van der Waals surface area contributed by atoms with Gasteiger partial charge < -0.3 is 9.69 Å². The standard InChI is InChI=1S/C9H17NO.C2H4O/c1-3-8(2)9(11)10-6-4-5-7-10;1-2-3/h8H,3-7H2,1-2H3;2H,1H3. The molecule has 0 N–H and O–H groups in total. The number of nitrogens with zero attached hydrogens (tertiary/aromatic N) is 1. The van der Waals surface area contributed by atoms with Gasteiger partial charge in [-0.15, -0.1) is 0 Å². The molecular weight excluding hydrogens is 178 g/mol. The van der Waals surface area contributed by atoms with Gasteiger partial charge in [0.05, 0.1) is 0 Å². The molecule has 0 aliphatic carbocycles. The molecule has 1 rings (SSSR count). The van der Waals surface area contributed by atoms with Gasteiger partial charge in [0.25, 0.3) is 0 Å². The molecule has 0 radical (unpaired) electrons. The van der Waals surface area contributed by atoms with E-state index in [0.29, 0.717) is 5.91 Å². The molecule has 0 aromatic rings. The number of carbonyl (C=O) groups excluding carboxylic acids is 2. The molecule has 1 unspecified atom stereocenters. The first-order valence-corrected chi connectivity index (χ1v) is 5.35. The Hall–Kier alpha value is -0.860. The van der Waals surface area contributed by atoms with E-state index in [1.54, 1.807) is 0 Å². The molecule has 0 aromatic carbocycles. The molecule has 1 aliphatic rings. The van der Waals surface area contributed by atoms with Crippen LogP contribution in [0.1, 0.15) is 40.0 Å². The Bertz CT molecular complexity index is 174. The second-order valence-corrected chi connectivity index (χ2v) is 3.58. The van der Waals surface area contributed by atoms with E-state index in [1.807, 2.05) is 11.8 Å². The van der Waals surface area contributed by atoms with Crippen LogP contribution in [0.25, 0.3) is 0 Å². The van der Waals surface area contributed by atoms with Crippen LogP contribution >= 0.6 is 0 Å². The van der Waals surface area contributed by atoms with Crippen molar-refractivity contribution in [3.8, 4) is 0 Å². The van der Waals surface area contributed by atoms with Crippen molar-refractivity contribution in [3.05, 3.63) is 0 Å². The number of amides is 1. The normalized spacial score (nSPS) is 16.9. The summed E-state index contributed by atoms with van der Waals surface area (Å²) in [4.78, 5) is 22.3. The Morgan fingerprint density at radius 2 is 1.86 bits per heavy atom. The van der Waals surface area contributed by atoms with Gasteiger partial charge in [0.1, 0.15) is 6.29 Å². The molecule has 0 saturated carbocycles. The van der Waals surface area contributed by atoms with Gasteiger partial charge in [0, 0.05) is 19.0 Å². The van der Waals surface area contributed by atoms with E-state index >= 15 is 0 Å². The Morgan fingerprint density at radius 3 is 2.21 bits per heavy atom. The zero-order valence-corrected chi connectivity index (χ0v) is 9.45. The van der Waals surface area contributed by atoms with Crippen LogP contribution in [0.15, 0.2) is 0 Å². The van der Waals surface area contributed by atoms with E-state index in [9.17, 15) is 4.79 Å². The maximum atomic E-state index is 11.5. The molecule has 0 bridgehead atoms. The van der Waals surface area contributed by atoms with Crippen LogP contribution in [-0.2, 0) is 9.59 Å². The van der Waals surface area contributed by atoms with Gasteiger partial charge in [0.15, 0.2) is 0 Å². The number of hydrogen-bond donors (Lipinski definition) is 0. The van der Waals surface area contributed by atoms with Crippen LogP contribution in [0.5, 0.6) is 0 Å². The lowest BCUT2D eigenvalue weighted by Crippen LogP contribution is -2.32. The molecule has 1 aliphatic heterocycles. The first-order chi connectivity index (χ1) is 6.67. The summed E-state index contributed by atoms with van der Waals surface area (Å²) in [5, 5.41) is 0. The molecule has 3 heteroatoms. The van der Waals surface area contributed by atoms with Crippen LogP contribution in [0.4, 0.5) is 0 Å². The van der Waals surface area contributed by atoms with Gasteiger partial charge in [-0.1, -0.05) is 13.8 Å². The maximum absolute atomic E-state index is 11.5. The van der Waals surface area contributed by atoms with Crippen LogP contribution in [0.2, 0.25) is 0 Å². The summed E-state index contributed by atoms with van der Waals surface area (Å²) < 4.78 is 0. The topological polar surface area (TPSA) is 37.4 Å². The summed E-state index contributed by atoms with van der Waals surface area (Å²) in [7, 11) is 0. The van der Waals surface area contributed by atoms with Crippen molar-refractivity contribution >= 4 is 12.2 Å². The zero-order chi connectivity index (χ0) is 11.0. The molecule has 0 spiro atoms. The monoisotopic (exact) mass is 199 g/mol. The van der Waals surface area contributed by atoms with Crippen LogP contribution in [-0.4, -0.2) is 30.2 Å². The molecule has 14 heavy (non-hydrogen) atoms. The zero-order valence-electron chi connectivity index (χ0n) is 9.45. The van der Waals surface area contributed by atoms with Crippen molar-refractivity contribution in [3.63, 3.8) is 0 Å². The van der Waals surface area contributed by atoms with E-state index in [-0.39, 0.29) is 5.92 Å². The summed E-state index contributed by atoms with van der Waals surface area (Å²) in [6.45, 7) is 7.51. The fourth-order valence-corrected chi connectivity index (χ4v) is 1.42. The first-order valence-electron chi connectivity index (χ1n) is 5.35. The lowest BCUT2D eigenvalue weighted by molar-refractivity contribution is -0.133. The number of likely N-dealkylation sites (tertiary alicyclic amines) is 1. The third kappa shape index (κ3) is 4.40. The van der Waals surface area contributed by atoms with Crippen LogP contribution in [0.3, 0.4) is 0 Å². The van der Waals surface area contributed by atoms with E-state index in [2.05, 4.69) is 6.92 Å². The number of carbonyl (C=O) groups is 2. The molecular formula is C11H21NO2. The van der Waals surface area contributed by atoms with Crippen LogP contribution in [0, 0.1) is 5.92 Å². The quantitative estimate of drug-likeness (QED) is 0.637. The van der Waals surface area contributed by atoms with Crippen molar-refractivity contribution in [1.82, 2.24) is 4.90 Å². The fourth-order valence-electron chi connectivity index (χ4n) is 1.42. The van der Waals surface area contributed by atoms with Gasteiger partial charge in [-0.05, 0) is 26.2 Å². The minimum absolute atomic E-state index is 0.230. The summed E-state index contributed by atoms with van der Waals surface area (Å²) in [6.07, 6.45) is 4.11. The van der Waals surface area contributed by atoms with Crippen molar-refractivity contribution < 1.29 is 9.59 Å². The summed E-state index contributed by atoms with van der Waals surface area (Å²) >= 11 is 0. The van der Waals surface area contributed by atoms with Gasteiger partial charge in [0.2, 0.25) is 5.91 Å². The van der Waals surface area contributed by atoms with Gasteiger partial charge >= 0.3 is 0 Å². The molecule has 82 valence electrons. The third-order valence-corrected chi connectivity index (χ3v) is 2.45. The number of aldehydes is 1. The van der Waals surface area contributed by atoms with E-state index in [1.165, 1.54) is 19.8 Å². The van der Waals surface area contributed by atoms with Crippen molar-refractivity contribution in [2.75, 3.05) is 13.1 Å². The Balaban J connectivity index is 0.000000500. The molecule has 1 heterocycles. The molecule has 3 nitrogen and oxygen atoms in total. The first kappa shape index (κ1) is 13.1. The van der Waals surface area contributed by atoms with Crippen molar-refractivity contribution in [2.45, 2.75) is 40.0 Å². The number of hydrogen-bond acceptors (Lipinski definition) is 2. The molecule has 1 atom stereocenters. The van der Waals surface area contributed by atoms with Crippen LogP contribution < -0.4 is 0 Å². The summed E-state index contributed by atoms with van der Waals surface area (Å²) in [5.41, 5.74) is 0. The van der Waals surface area contributed by atoms with Gasteiger partial charge in [-0.3, -0.25) is 4.79 Å². The van der Waals surface area contributed by atoms with E-state index in [4.69, 9.17) is 4.79 Å². The van der Waals surface area contributed by atoms with Gasteiger partial charge in [-0.2, -0.15) is 0 Å². The molecule has 1 fully saturated rings. The maximum Gasteiger partial charge on any atom is 0.225 e. The minimum atomic E-state index is 0.230. The minimum Gasteiger partial charge on any atom is -0.342 e. The Morgan fingerprint density at radius 1 is 1.43 bits per heavy atom. The average Bonchev–Trinajstić information content (AvgIpc) is 2.69. The third-order valence-electron chi connectivity index (χ3n) is 2.45. The SMILES string of the molecule is CC=O.CCC(C)C(=O)N1CCCC1. The van der Waals surface area contributed by atoms with E-state index < -0.39 is 0 Å². The lowest BCUT2D eigenvalue weighted by Gasteiger charge is -2.18. The predicted octanol–water partition coefficient (Wildman–Crippen LogP) is 1.86.